The topological polar surface area (TPSA) is 45.1 Å². The zero-order valence-electron chi connectivity index (χ0n) is 11.7. The van der Waals surface area contributed by atoms with Crippen LogP contribution < -0.4 is 5.32 Å². The molecule has 3 heteroatoms. The quantitative estimate of drug-likeness (QED) is 0.895. The number of hydrogen-bond acceptors (Lipinski definition) is 3. The number of nitrogens with zero attached hydrogens (tertiary/aromatic N) is 1. The average Bonchev–Trinajstić information content (AvgIpc) is 2.49. The first kappa shape index (κ1) is 13.1. The molecular weight excluding hydrogens is 248 g/mol. The van der Waals surface area contributed by atoms with Crippen molar-refractivity contribution in [1.82, 2.24) is 10.3 Å². The fourth-order valence-corrected chi connectivity index (χ4v) is 3.01. The lowest BCUT2D eigenvalue weighted by atomic mass is 9.87. The van der Waals surface area contributed by atoms with Crippen LogP contribution in [0.2, 0.25) is 0 Å². The van der Waals surface area contributed by atoms with Crippen molar-refractivity contribution in [3.63, 3.8) is 0 Å². The Balaban J connectivity index is 1.81. The molecule has 1 aliphatic rings. The van der Waals surface area contributed by atoms with E-state index in [1.165, 1.54) is 23.1 Å². The van der Waals surface area contributed by atoms with E-state index in [4.69, 9.17) is 0 Å². The van der Waals surface area contributed by atoms with Gasteiger partial charge in [0.2, 0.25) is 0 Å². The molecule has 2 N–H and O–H groups in total. The maximum absolute atomic E-state index is 9.72. The van der Waals surface area contributed by atoms with Gasteiger partial charge in [0.1, 0.15) is 5.75 Å². The lowest BCUT2D eigenvalue weighted by Gasteiger charge is -2.29. The number of aromatic hydroxyl groups is 1. The van der Waals surface area contributed by atoms with Gasteiger partial charge >= 0.3 is 0 Å². The van der Waals surface area contributed by atoms with E-state index in [-0.39, 0.29) is 6.04 Å². The summed E-state index contributed by atoms with van der Waals surface area (Å²) >= 11 is 0. The van der Waals surface area contributed by atoms with Gasteiger partial charge in [0.15, 0.2) is 0 Å². The lowest BCUT2D eigenvalue weighted by Crippen LogP contribution is -2.27. The molecule has 1 aromatic carbocycles. The molecule has 2 aromatic rings. The number of phenolic OH excluding ortho intramolecular Hbond substituents is 1. The first-order chi connectivity index (χ1) is 9.74. The van der Waals surface area contributed by atoms with Crippen molar-refractivity contribution >= 4 is 0 Å². The van der Waals surface area contributed by atoms with Crippen molar-refractivity contribution in [2.45, 2.75) is 38.3 Å². The second-order valence-corrected chi connectivity index (χ2v) is 5.50. The number of fused-ring (bicyclic) bond motifs is 1. The fourth-order valence-electron chi connectivity index (χ4n) is 3.01. The fraction of sp³-hybridized carbons (Fsp3) is 0.353. The highest BCUT2D eigenvalue weighted by Gasteiger charge is 2.22. The van der Waals surface area contributed by atoms with E-state index in [1.54, 1.807) is 6.07 Å². The van der Waals surface area contributed by atoms with Crippen molar-refractivity contribution in [2.24, 2.45) is 0 Å². The Kier molecular flexibility index (Phi) is 3.70. The number of pyridine rings is 1. The summed E-state index contributed by atoms with van der Waals surface area (Å²) in [7, 11) is 0. The van der Waals surface area contributed by atoms with Gasteiger partial charge in [-0.25, -0.2) is 0 Å². The molecule has 2 atom stereocenters. The van der Waals surface area contributed by atoms with Gasteiger partial charge in [-0.1, -0.05) is 6.07 Å². The normalized spacial score (nSPS) is 19.4. The summed E-state index contributed by atoms with van der Waals surface area (Å²) in [5.74, 6) is 0.356. The largest absolute Gasteiger partial charge is 0.508 e. The van der Waals surface area contributed by atoms with Gasteiger partial charge in [0, 0.05) is 24.5 Å². The van der Waals surface area contributed by atoms with Gasteiger partial charge in [-0.05, 0) is 67.1 Å². The van der Waals surface area contributed by atoms with Gasteiger partial charge in [-0.2, -0.15) is 0 Å². The highest BCUT2D eigenvalue weighted by atomic mass is 16.3. The van der Waals surface area contributed by atoms with E-state index in [1.807, 2.05) is 30.6 Å². The van der Waals surface area contributed by atoms with Crippen molar-refractivity contribution in [1.29, 1.82) is 0 Å². The third-order valence-electron chi connectivity index (χ3n) is 4.10. The first-order valence-corrected chi connectivity index (χ1v) is 7.22. The van der Waals surface area contributed by atoms with Gasteiger partial charge in [0.05, 0.1) is 0 Å². The molecule has 3 nitrogen and oxygen atoms in total. The number of benzene rings is 1. The summed E-state index contributed by atoms with van der Waals surface area (Å²) in [5, 5.41) is 13.4. The minimum Gasteiger partial charge on any atom is -0.508 e. The number of aromatic nitrogens is 1. The Morgan fingerprint density at radius 1 is 1.25 bits per heavy atom. The van der Waals surface area contributed by atoms with Gasteiger partial charge < -0.3 is 10.4 Å². The summed E-state index contributed by atoms with van der Waals surface area (Å²) < 4.78 is 0. The van der Waals surface area contributed by atoms with Crippen LogP contribution in [-0.2, 0) is 6.42 Å². The maximum Gasteiger partial charge on any atom is 0.115 e. The Hall–Kier alpha value is -1.87. The van der Waals surface area contributed by atoms with Crippen molar-refractivity contribution in [2.75, 3.05) is 0 Å². The van der Waals surface area contributed by atoms with Crippen molar-refractivity contribution in [3.8, 4) is 5.75 Å². The molecule has 20 heavy (non-hydrogen) atoms. The Labute approximate surface area is 119 Å². The van der Waals surface area contributed by atoms with Crippen LogP contribution in [0.4, 0.5) is 0 Å². The van der Waals surface area contributed by atoms with E-state index in [2.05, 4.69) is 23.3 Å². The van der Waals surface area contributed by atoms with Gasteiger partial charge in [-0.15, -0.1) is 0 Å². The van der Waals surface area contributed by atoms with Crippen molar-refractivity contribution < 1.29 is 5.11 Å². The number of hydrogen-bond donors (Lipinski definition) is 2. The third-order valence-corrected chi connectivity index (χ3v) is 4.10. The van der Waals surface area contributed by atoms with E-state index in [9.17, 15) is 5.11 Å². The molecular formula is C17H20N2O. The smallest absolute Gasteiger partial charge is 0.115 e. The molecule has 0 fully saturated rings. The molecule has 1 heterocycles. The number of rotatable bonds is 3. The molecule has 0 saturated carbocycles. The zero-order valence-corrected chi connectivity index (χ0v) is 11.7. The number of phenols is 1. The van der Waals surface area contributed by atoms with Gasteiger partial charge in [-0.3, -0.25) is 4.98 Å². The predicted octanol–water partition coefficient (Wildman–Crippen LogP) is 3.52. The predicted molar refractivity (Wildman–Crippen MR) is 79.6 cm³/mol. The third kappa shape index (κ3) is 2.68. The minimum atomic E-state index is 0.274. The summed E-state index contributed by atoms with van der Waals surface area (Å²) in [6, 6.07) is 10.4. The van der Waals surface area contributed by atoms with Crippen LogP contribution >= 0.6 is 0 Å². The van der Waals surface area contributed by atoms with E-state index >= 15 is 0 Å². The SMILES string of the molecule is C[C@@H](NC1CCCc2ccc(O)cc21)c1ccncc1. The molecule has 0 radical (unpaired) electrons. The number of aryl methyl sites for hydroxylation is 1. The molecule has 0 aliphatic heterocycles. The summed E-state index contributed by atoms with van der Waals surface area (Å²) in [5.41, 5.74) is 3.85. The van der Waals surface area contributed by atoms with Crippen LogP contribution in [0.15, 0.2) is 42.7 Å². The monoisotopic (exact) mass is 268 g/mol. The van der Waals surface area contributed by atoms with Crippen LogP contribution in [0.25, 0.3) is 0 Å². The Morgan fingerprint density at radius 3 is 2.85 bits per heavy atom. The summed E-state index contributed by atoms with van der Waals surface area (Å²) in [6.45, 7) is 2.17. The second-order valence-electron chi connectivity index (χ2n) is 5.50. The molecule has 3 rings (SSSR count). The highest BCUT2D eigenvalue weighted by Crippen LogP contribution is 2.33. The van der Waals surface area contributed by atoms with Crippen LogP contribution in [0, 0.1) is 0 Å². The van der Waals surface area contributed by atoms with Crippen LogP contribution in [0.3, 0.4) is 0 Å². The molecule has 0 amide bonds. The first-order valence-electron chi connectivity index (χ1n) is 7.22. The van der Waals surface area contributed by atoms with Crippen LogP contribution in [-0.4, -0.2) is 10.1 Å². The zero-order chi connectivity index (χ0) is 13.9. The van der Waals surface area contributed by atoms with Gasteiger partial charge in [0.25, 0.3) is 0 Å². The molecule has 104 valence electrons. The second kappa shape index (κ2) is 5.63. The summed E-state index contributed by atoms with van der Waals surface area (Å²) in [4.78, 5) is 4.06. The molecule has 1 unspecified atom stereocenters. The number of nitrogens with one attached hydrogen (secondary N) is 1. The van der Waals surface area contributed by atoms with Crippen LogP contribution in [0.5, 0.6) is 5.75 Å². The Morgan fingerprint density at radius 2 is 2.05 bits per heavy atom. The Bertz CT molecular complexity index is 583. The molecule has 0 spiro atoms. The van der Waals surface area contributed by atoms with Crippen molar-refractivity contribution in [3.05, 3.63) is 59.4 Å². The summed E-state index contributed by atoms with van der Waals surface area (Å²) in [6.07, 6.45) is 7.07. The molecule has 0 saturated heterocycles. The van der Waals surface area contributed by atoms with E-state index < -0.39 is 0 Å². The molecule has 1 aromatic heterocycles. The highest BCUT2D eigenvalue weighted by molar-refractivity contribution is 5.38. The maximum atomic E-state index is 9.72. The lowest BCUT2D eigenvalue weighted by molar-refractivity contribution is 0.410. The average molecular weight is 268 g/mol. The van der Waals surface area contributed by atoms with E-state index in [0.29, 0.717) is 11.8 Å². The molecule has 1 aliphatic carbocycles. The standard InChI is InChI=1S/C17H20N2O/c1-12(13-7-9-18-10-8-13)19-17-4-2-3-14-5-6-15(20)11-16(14)17/h5-12,17,19-20H,2-4H2,1H3/t12-,17?/m1/s1. The van der Waals surface area contributed by atoms with E-state index in [0.717, 1.165) is 12.8 Å². The molecule has 0 bridgehead atoms. The van der Waals surface area contributed by atoms with Crippen LogP contribution in [0.1, 0.15) is 48.5 Å². The minimum absolute atomic E-state index is 0.274.